The van der Waals surface area contributed by atoms with Crippen LogP contribution in [0.15, 0.2) is 53.4 Å². The molecule has 0 aliphatic rings. The van der Waals surface area contributed by atoms with Crippen molar-refractivity contribution in [2.24, 2.45) is 0 Å². The van der Waals surface area contributed by atoms with Gasteiger partial charge in [0.15, 0.2) is 5.13 Å². The maximum absolute atomic E-state index is 12.0. The molecule has 0 aliphatic carbocycles. The highest BCUT2D eigenvalue weighted by Gasteiger charge is 2.38. The van der Waals surface area contributed by atoms with Crippen molar-refractivity contribution in [3.63, 3.8) is 0 Å². The molecule has 1 aromatic heterocycles. The fourth-order valence-corrected chi connectivity index (χ4v) is 4.30. The van der Waals surface area contributed by atoms with E-state index in [0.29, 0.717) is 29.5 Å². The summed E-state index contributed by atoms with van der Waals surface area (Å²) >= 11 is 2.97. The Morgan fingerprint density at radius 2 is 1.67 bits per heavy atom. The van der Waals surface area contributed by atoms with Crippen molar-refractivity contribution in [2.75, 3.05) is 23.3 Å². The summed E-state index contributed by atoms with van der Waals surface area (Å²) in [5.41, 5.74) is 7.26. The standard InChI is InChI=1S/C21H24N4O2S2.C2HF3O2/c22-15-9-11-16(12-10-15)28-14-20(27)23-13-5-1-2-8-19(26)25-21-24-17-6-3-4-7-18(17)29-21;3-2(4,5)1(6)7/h3-4,6-7,9-12H,1-2,5,8,13-14,22H2,(H,23,27)(H,24,25,26);(H,6,7). The second-order valence-corrected chi connectivity index (χ2v) is 9.44. The van der Waals surface area contributed by atoms with Crippen LogP contribution < -0.4 is 16.4 Å². The van der Waals surface area contributed by atoms with E-state index in [1.807, 2.05) is 48.5 Å². The van der Waals surface area contributed by atoms with E-state index in [-0.39, 0.29) is 11.8 Å². The molecule has 0 saturated heterocycles. The summed E-state index contributed by atoms with van der Waals surface area (Å²) in [4.78, 5) is 38.2. The number of aliphatic carboxylic acids is 1. The van der Waals surface area contributed by atoms with Crippen LogP contribution in [0.2, 0.25) is 0 Å². The number of carbonyl (C=O) groups is 3. The lowest BCUT2D eigenvalue weighted by Gasteiger charge is -2.06. The molecule has 0 bridgehead atoms. The molecule has 36 heavy (non-hydrogen) atoms. The molecule has 194 valence electrons. The lowest BCUT2D eigenvalue weighted by atomic mass is 10.2. The van der Waals surface area contributed by atoms with Crippen molar-refractivity contribution in [3.05, 3.63) is 48.5 Å². The van der Waals surface area contributed by atoms with E-state index in [4.69, 9.17) is 15.6 Å². The van der Waals surface area contributed by atoms with Crippen LogP contribution in [0.1, 0.15) is 25.7 Å². The highest BCUT2D eigenvalue weighted by atomic mass is 32.2. The number of unbranched alkanes of at least 4 members (excludes halogenated alkanes) is 2. The normalized spacial score (nSPS) is 10.9. The number of alkyl halides is 3. The van der Waals surface area contributed by atoms with E-state index in [9.17, 15) is 22.8 Å². The lowest BCUT2D eigenvalue weighted by molar-refractivity contribution is -0.192. The first-order valence-corrected chi connectivity index (χ1v) is 12.6. The predicted molar refractivity (Wildman–Crippen MR) is 135 cm³/mol. The number of para-hydroxylation sites is 1. The molecule has 0 fully saturated rings. The lowest BCUT2D eigenvalue weighted by Crippen LogP contribution is -2.26. The van der Waals surface area contributed by atoms with E-state index in [2.05, 4.69) is 15.6 Å². The second-order valence-electron chi connectivity index (χ2n) is 7.36. The molecule has 8 nitrogen and oxygen atoms in total. The van der Waals surface area contributed by atoms with Crippen molar-refractivity contribution in [3.8, 4) is 0 Å². The van der Waals surface area contributed by atoms with Crippen LogP contribution in [0.4, 0.5) is 24.0 Å². The Morgan fingerprint density at radius 3 is 2.31 bits per heavy atom. The molecule has 0 unspecified atom stereocenters. The summed E-state index contributed by atoms with van der Waals surface area (Å²) in [6.07, 6.45) is -2.10. The van der Waals surface area contributed by atoms with Gasteiger partial charge < -0.3 is 21.5 Å². The zero-order valence-electron chi connectivity index (χ0n) is 19.0. The Labute approximate surface area is 213 Å². The van der Waals surface area contributed by atoms with Crippen molar-refractivity contribution < 1.29 is 32.7 Å². The van der Waals surface area contributed by atoms with Gasteiger partial charge in [0.05, 0.1) is 16.0 Å². The number of halogens is 3. The van der Waals surface area contributed by atoms with E-state index >= 15 is 0 Å². The van der Waals surface area contributed by atoms with Gasteiger partial charge in [-0.1, -0.05) is 29.9 Å². The molecule has 2 aromatic carbocycles. The minimum absolute atomic E-state index is 0.0143. The van der Waals surface area contributed by atoms with E-state index < -0.39 is 12.1 Å². The molecule has 3 aromatic rings. The quantitative estimate of drug-likeness (QED) is 0.162. The monoisotopic (exact) mass is 542 g/mol. The number of hydrogen-bond donors (Lipinski definition) is 4. The number of fused-ring (bicyclic) bond motifs is 1. The summed E-state index contributed by atoms with van der Waals surface area (Å²) < 4.78 is 32.8. The number of carbonyl (C=O) groups excluding carboxylic acids is 2. The molecule has 5 N–H and O–H groups in total. The molecule has 3 rings (SSSR count). The van der Waals surface area contributed by atoms with Gasteiger partial charge >= 0.3 is 12.1 Å². The van der Waals surface area contributed by atoms with E-state index in [1.54, 1.807) is 0 Å². The van der Waals surface area contributed by atoms with Crippen LogP contribution in [0.25, 0.3) is 10.2 Å². The van der Waals surface area contributed by atoms with Gasteiger partial charge in [-0.3, -0.25) is 9.59 Å². The van der Waals surface area contributed by atoms with Crippen LogP contribution in [0.5, 0.6) is 0 Å². The van der Waals surface area contributed by atoms with Gasteiger partial charge in [-0.05, 0) is 49.2 Å². The van der Waals surface area contributed by atoms with Crippen LogP contribution in [-0.4, -0.2) is 46.3 Å². The second kappa shape index (κ2) is 14.3. The smallest absolute Gasteiger partial charge is 0.475 e. The molecular weight excluding hydrogens is 517 g/mol. The molecule has 0 saturated carbocycles. The Morgan fingerprint density at radius 1 is 1.00 bits per heavy atom. The van der Waals surface area contributed by atoms with Crippen molar-refractivity contribution in [1.82, 2.24) is 10.3 Å². The average Bonchev–Trinajstić information content (AvgIpc) is 3.23. The number of hydrogen-bond acceptors (Lipinski definition) is 7. The first kappa shape index (κ1) is 28.9. The topological polar surface area (TPSA) is 134 Å². The van der Waals surface area contributed by atoms with Crippen molar-refractivity contribution in [1.29, 1.82) is 0 Å². The van der Waals surface area contributed by atoms with Crippen LogP contribution in [0, 0.1) is 0 Å². The minimum atomic E-state index is -5.08. The number of amides is 2. The predicted octanol–water partition coefficient (Wildman–Crippen LogP) is 4.92. The number of rotatable bonds is 10. The Hall–Kier alpha value is -3.32. The van der Waals surface area contributed by atoms with Crippen LogP contribution in [0.3, 0.4) is 0 Å². The minimum Gasteiger partial charge on any atom is -0.475 e. The fraction of sp³-hybridized carbons (Fsp3) is 0.304. The number of thiazole rings is 1. The number of nitrogens with one attached hydrogen (secondary N) is 2. The third kappa shape index (κ3) is 11.0. The summed E-state index contributed by atoms with van der Waals surface area (Å²) in [5, 5.41) is 13.5. The number of benzene rings is 2. The van der Waals surface area contributed by atoms with Crippen molar-refractivity contribution >= 4 is 61.9 Å². The molecule has 0 atom stereocenters. The first-order chi connectivity index (χ1) is 17.0. The summed E-state index contributed by atoms with van der Waals surface area (Å²) in [6.45, 7) is 0.626. The van der Waals surface area contributed by atoms with Gasteiger partial charge in [0, 0.05) is 23.5 Å². The summed E-state index contributed by atoms with van der Waals surface area (Å²) in [5.74, 6) is -2.38. The van der Waals surface area contributed by atoms with Gasteiger partial charge in [-0.2, -0.15) is 13.2 Å². The SMILES string of the molecule is Nc1ccc(SCC(=O)NCCCCCC(=O)Nc2nc3ccccc3s2)cc1.O=C(O)C(F)(F)F. The van der Waals surface area contributed by atoms with E-state index in [1.165, 1.54) is 23.1 Å². The first-order valence-electron chi connectivity index (χ1n) is 10.7. The molecular formula is C23H25F3N4O4S2. The Balaban J connectivity index is 0.000000572. The molecule has 0 radical (unpaired) electrons. The molecule has 0 spiro atoms. The third-order valence-corrected chi connectivity index (χ3v) is 6.40. The third-order valence-electron chi connectivity index (χ3n) is 4.44. The number of nitrogens with zero attached hydrogens (tertiary/aromatic N) is 1. The van der Waals surface area contributed by atoms with Gasteiger partial charge in [0.2, 0.25) is 11.8 Å². The average molecular weight is 543 g/mol. The van der Waals surface area contributed by atoms with Crippen LogP contribution >= 0.6 is 23.1 Å². The van der Waals surface area contributed by atoms with Gasteiger partial charge in [-0.15, -0.1) is 11.8 Å². The number of carboxylic acid groups (broad SMARTS) is 1. The van der Waals surface area contributed by atoms with E-state index in [0.717, 1.165) is 34.4 Å². The highest BCUT2D eigenvalue weighted by Crippen LogP contribution is 2.25. The maximum Gasteiger partial charge on any atom is 0.490 e. The fourth-order valence-electron chi connectivity index (χ4n) is 2.69. The molecule has 1 heterocycles. The molecule has 2 amide bonds. The Kier molecular flexibility index (Phi) is 11.5. The number of anilines is 2. The van der Waals surface area contributed by atoms with Gasteiger partial charge in [0.1, 0.15) is 0 Å². The van der Waals surface area contributed by atoms with Gasteiger partial charge in [-0.25, -0.2) is 9.78 Å². The van der Waals surface area contributed by atoms with Crippen LogP contribution in [-0.2, 0) is 14.4 Å². The largest absolute Gasteiger partial charge is 0.490 e. The zero-order chi connectivity index (χ0) is 26.6. The molecule has 0 aliphatic heterocycles. The highest BCUT2D eigenvalue weighted by molar-refractivity contribution is 8.00. The summed E-state index contributed by atoms with van der Waals surface area (Å²) in [7, 11) is 0. The maximum atomic E-state index is 12.0. The van der Waals surface area contributed by atoms with Crippen molar-refractivity contribution in [2.45, 2.75) is 36.8 Å². The Bertz CT molecular complexity index is 1120. The number of carboxylic acids is 1. The number of thioether (sulfide) groups is 1. The zero-order valence-corrected chi connectivity index (χ0v) is 20.6. The molecule has 13 heteroatoms. The summed E-state index contributed by atoms with van der Waals surface area (Å²) in [6, 6.07) is 15.3. The number of nitrogen functional groups attached to an aromatic ring is 1. The number of nitrogens with two attached hydrogens (primary N) is 1. The number of aromatic nitrogens is 1. The van der Waals surface area contributed by atoms with Gasteiger partial charge in [0.25, 0.3) is 0 Å².